The van der Waals surface area contributed by atoms with Crippen molar-refractivity contribution in [3.05, 3.63) is 76.5 Å². The van der Waals surface area contributed by atoms with Gasteiger partial charge in [-0.25, -0.2) is 9.79 Å². The molecule has 0 aliphatic carbocycles. The summed E-state index contributed by atoms with van der Waals surface area (Å²) < 4.78 is 10.2. The van der Waals surface area contributed by atoms with Crippen LogP contribution in [-0.2, 0) is 9.53 Å². The maximum atomic E-state index is 11.9. The zero-order chi connectivity index (χ0) is 16.9. The van der Waals surface area contributed by atoms with Gasteiger partial charge in [-0.05, 0) is 41.5 Å². The molecule has 4 nitrogen and oxygen atoms in total. The lowest BCUT2D eigenvalue weighted by Gasteiger charge is -1.98. The molecule has 24 heavy (non-hydrogen) atoms. The molecule has 0 fully saturated rings. The zero-order valence-electron chi connectivity index (χ0n) is 12.9. The van der Waals surface area contributed by atoms with Gasteiger partial charge in [-0.1, -0.05) is 41.9 Å². The maximum absolute atomic E-state index is 11.9. The number of halogens is 1. The van der Waals surface area contributed by atoms with Crippen molar-refractivity contribution in [2.24, 2.45) is 4.99 Å². The molecule has 3 rings (SSSR count). The Hall–Kier alpha value is -2.85. The smallest absolute Gasteiger partial charge is 0.363 e. The molecule has 5 heteroatoms. The Labute approximate surface area is 144 Å². The van der Waals surface area contributed by atoms with E-state index in [1.165, 1.54) is 0 Å². The molecule has 0 unspecified atom stereocenters. The number of aliphatic imine (C=N–C) groups is 1. The van der Waals surface area contributed by atoms with E-state index in [0.717, 1.165) is 16.9 Å². The van der Waals surface area contributed by atoms with E-state index in [0.29, 0.717) is 5.02 Å². The summed E-state index contributed by atoms with van der Waals surface area (Å²) in [5.74, 6) is 0.528. The number of rotatable bonds is 4. The van der Waals surface area contributed by atoms with Crippen molar-refractivity contribution >= 4 is 35.6 Å². The molecule has 0 amide bonds. The highest BCUT2D eigenvalue weighted by Gasteiger charge is 2.21. The number of esters is 1. The summed E-state index contributed by atoms with van der Waals surface area (Å²) in [7, 11) is 1.62. The van der Waals surface area contributed by atoms with Gasteiger partial charge in [0.05, 0.1) is 7.11 Å². The van der Waals surface area contributed by atoms with Crippen molar-refractivity contribution in [2.45, 2.75) is 0 Å². The third-order valence-corrected chi connectivity index (χ3v) is 3.71. The normalized spacial score (nSPS) is 15.7. The van der Waals surface area contributed by atoms with Gasteiger partial charge in [-0.2, -0.15) is 0 Å². The highest BCUT2D eigenvalue weighted by Crippen LogP contribution is 2.22. The minimum Gasteiger partial charge on any atom is -0.497 e. The van der Waals surface area contributed by atoms with Crippen LogP contribution in [0.1, 0.15) is 11.1 Å². The first-order chi connectivity index (χ1) is 11.7. The van der Waals surface area contributed by atoms with Gasteiger partial charge in [0.25, 0.3) is 0 Å². The van der Waals surface area contributed by atoms with Gasteiger partial charge in [-0.15, -0.1) is 0 Å². The fraction of sp³-hybridized carbons (Fsp3) is 0.0526. The Bertz CT molecular complexity index is 851. The minimum atomic E-state index is -0.496. The topological polar surface area (TPSA) is 47.9 Å². The summed E-state index contributed by atoms with van der Waals surface area (Å²) in [5.41, 5.74) is 1.88. The third kappa shape index (κ3) is 3.73. The molecule has 0 spiro atoms. The van der Waals surface area contributed by atoms with Gasteiger partial charge in [0.15, 0.2) is 5.70 Å². The summed E-state index contributed by atoms with van der Waals surface area (Å²) >= 11 is 6.08. The van der Waals surface area contributed by atoms with E-state index in [-0.39, 0.29) is 11.6 Å². The molecule has 0 N–H and O–H groups in total. The number of hydrogen-bond donors (Lipinski definition) is 0. The second-order valence-electron chi connectivity index (χ2n) is 5.00. The summed E-state index contributed by atoms with van der Waals surface area (Å²) in [4.78, 5) is 16.1. The molecule has 1 aliphatic rings. The molecule has 120 valence electrons. The number of carbonyl (C=O) groups excluding carboxylic acids is 1. The first-order valence-electron chi connectivity index (χ1n) is 7.25. The SMILES string of the molecule is COc1ccc(/C=C/C2=NC(=C\c3ccccc3Cl)/C(=O)O2)cc1. The van der Waals surface area contributed by atoms with E-state index in [1.807, 2.05) is 48.5 Å². The van der Waals surface area contributed by atoms with E-state index in [4.69, 9.17) is 21.1 Å². The Morgan fingerprint density at radius 3 is 2.54 bits per heavy atom. The largest absolute Gasteiger partial charge is 0.497 e. The second-order valence-corrected chi connectivity index (χ2v) is 5.40. The molecule has 0 radical (unpaired) electrons. The van der Waals surface area contributed by atoms with E-state index in [1.54, 1.807) is 25.3 Å². The first kappa shape index (κ1) is 16.0. The number of cyclic esters (lactones) is 1. The van der Waals surface area contributed by atoms with Gasteiger partial charge in [0.2, 0.25) is 5.90 Å². The summed E-state index contributed by atoms with van der Waals surface area (Å²) in [5, 5.41) is 0.551. The number of nitrogens with zero attached hydrogens (tertiary/aromatic N) is 1. The van der Waals surface area contributed by atoms with Crippen molar-refractivity contribution < 1.29 is 14.3 Å². The third-order valence-electron chi connectivity index (χ3n) is 3.37. The monoisotopic (exact) mass is 339 g/mol. The average Bonchev–Trinajstić information content (AvgIpc) is 2.95. The average molecular weight is 340 g/mol. The Morgan fingerprint density at radius 2 is 1.83 bits per heavy atom. The molecule has 2 aromatic rings. The zero-order valence-corrected chi connectivity index (χ0v) is 13.7. The van der Waals surface area contributed by atoms with Crippen LogP contribution in [-0.4, -0.2) is 19.0 Å². The van der Waals surface area contributed by atoms with Gasteiger partial charge in [0.1, 0.15) is 5.75 Å². The molecular formula is C19H14ClNO3. The molecule has 1 heterocycles. The van der Waals surface area contributed by atoms with Gasteiger partial charge in [0, 0.05) is 11.1 Å². The molecule has 0 bridgehead atoms. The molecule has 0 saturated carbocycles. The molecule has 0 atom stereocenters. The summed E-state index contributed by atoms with van der Waals surface area (Å²) in [6, 6.07) is 14.7. The van der Waals surface area contributed by atoms with Crippen LogP contribution in [0.4, 0.5) is 0 Å². The summed E-state index contributed by atoms with van der Waals surface area (Å²) in [6.45, 7) is 0. The van der Waals surface area contributed by atoms with E-state index >= 15 is 0 Å². The van der Waals surface area contributed by atoms with Crippen LogP contribution in [0.15, 0.2) is 65.3 Å². The van der Waals surface area contributed by atoms with Crippen molar-refractivity contribution in [1.29, 1.82) is 0 Å². The first-order valence-corrected chi connectivity index (χ1v) is 7.63. The Kier molecular flexibility index (Phi) is 4.77. The van der Waals surface area contributed by atoms with E-state index < -0.39 is 5.97 Å². The van der Waals surface area contributed by atoms with Crippen LogP contribution >= 0.6 is 11.6 Å². The summed E-state index contributed by atoms with van der Waals surface area (Å²) in [6.07, 6.45) is 5.07. The van der Waals surface area contributed by atoms with Crippen LogP contribution in [0.2, 0.25) is 5.02 Å². The lowest BCUT2D eigenvalue weighted by atomic mass is 10.2. The highest BCUT2D eigenvalue weighted by atomic mass is 35.5. The fourth-order valence-electron chi connectivity index (χ4n) is 2.12. The minimum absolute atomic E-state index is 0.220. The quantitative estimate of drug-likeness (QED) is 0.614. The number of ether oxygens (including phenoxy) is 2. The highest BCUT2D eigenvalue weighted by molar-refractivity contribution is 6.32. The predicted octanol–water partition coefficient (Wildman–Crippen LogP) is 4.36. The molecule has 2 aromatic carbocycles. The predicted molar refractivity (Wildman–Crippen MR) is 95.0 cm³/mol. The molecule has 0 saturated heterocycles. The van der Waals surface area contributed by atoms with Crippen molar-refractivity contribution in [3.63, 3.8) is 0 Å². The molecule has 0 aromatic heterocycles. The van der Waals surface area contributed by atoms with Crippen molar-refractivity contribution in [1.82, 2.24) is 0 Å². The van der Waals surface area contributed by atoms with Crippen LogP contribution in [0.25, 0.3) is 12.2 Å². The van der Waals surface area contributed by atoms with E-state index in [9.17, 15) is 4.79 Å². The lowest BCUT2D eigenvalue weighted by Crippen LogP contribution is -2.01. The van der Waals surface area contributed by atoms with E-state index in [2.05, 4.69) is 4.99 Å². The maximum Gasteiger partial charge on any atom is 0.363 e. The van der Waals surface area contributed by atoms with Crippen LogP contribution in [0.3, 0.4) is 0 Å². The van der Waals surface area contributed by atoms with Crippen molar-refractivity contribution in [3.8, 4) is 5.75 Å². The van der Waals surface area contributed by atoms with Crippen molar-refractivity contribution in [2.75, 3.05) is 7.11 Å². The number of hydrogen-bond acceptors (Lipinski definition) is 4. The van der Waals surface area contributed by atoms with Gasteiger partial charge >= 0.3 is 5.97 Å². The number of carbonyl (C=O) groups is 1. The Morgan fingerprint density at radius 1 is 1.08 bits per heavy atom. The van der Waals surface area contributed by atoms with Crippen LogP contribution in [0, 0.1) is 0 Å². The molecular weight excluding hydrogens is 326 g/mol. The standard InChI is InChI=1S/C19H14ClNO3/c1-23-15-9-6-13(7-10-15)8-11-18-21-17(19(22)24-18)12-14-4-2-3-5-16(14)20/h2-12H,1H3/b11-8+,17-12-. The lowest BCUT2D eigenvalue weighted by molar-refractivity contribution is -0.129. The van der Waals surface area contributed by atoms with Crippen LogP contribution in [0.5, 0.6) is 5.75 Å². The van der Waals surface area contributed by atoms with Crippen LogP contribution < -0.4 is 4.74 Å². The van der Waals surface area contributed by atoms with Gasteiger partial charge < -0.3 is 9.47 Å². The van der Waals surface area contributed by atoms with Gasteiger partial charge in [-0.3, -0.25) is 0 Å². The Balaban J connectivity index is 1.78. The number of methoxy groups -OCH3 is 1. The second kappa shape index (κ2) is 7.15. The molecule has 1 aliphatic heterocycles. The fourth-order valence-corrected chi connectivity index (χ4v) is 2.31. The number of benzene rings is 2.